The van der Waals surface area contributed by atoms with E-state index in [0.717, 1.165) is 25.3 Å². The fraction of sp³-hybridized carbons (Fsp3) is 0.533. The second-order valence-electron chi connectivity index (χ2n) is 5.02. The summed E-state index contributed by atoms with van der Waals surface area (Å²) < 4.78 is 18.7. The van der Waals surface area contributed by atoms with Crippen LogP contribution in [0.25, 0.3) is 0 Å². The van der Waals surface area contributed by atoms with E-state index in [1.54, 1.807) is 0 Å². The molecule has 0 saturated carbocycles. The first-order chi connectivity index (χ1) is 10.1. The van der Waals surface area contributed by atoms with Gasteiger partial charge in [0.25, 0.3) is 0 Å². The molecule has 4 nitrogen and oxygen atoms in total. The molecular weight excluding hydrogens is 274 g/mol. The van der Waals surface area contributed by atoms with Crippen molar-refractivity contribution in [2.45, 2.75) is 45.4 Å². The van der Waals surface area contributed by atoms with Crippen LogP contribution < -0.4 is 5.46 Å². The number of esters is 1. The molecule has 0 bridgehead atoms. The van der Waals surface area contributed by atoms with E-state index in [9.17, 15) is 9.18 Å². The molecule has 0 aliphatic rings. The van der Waals surface area contributed by atoms with Crippen LogP contribution in [-0.4, -0.2) is 29.7 Å². The predicted octanol–water partition coefficient (Wildman–Crippen LogP) is 2.02. The lowest BCUT2D eigenvalue weighted by atomic mass is 9.80. The summed E-state index contributed by atoms with van der Waals surface area (Å²) in [7, 11) is -1.76. The lowest BCUT2D eigenvalue weighted by Gasteiger charge is -2.07. The van der Waals surface area contributed by atoms with Crippen LogP contribution in [-0.2, 0) is 4.74 Å². The molecule has 0 unspecified atom stereocenters. The number of hydrogen-bond acceptors (Lipinski definition) is 4. The van der Waals surface area contributed by atoms with Crippen LogP contribution in [0.1, 0.15) is 55.8 Å². The Labute approximate surface area is 125 Å². The molecule has 0 aliphatic heterocycles. The molecule has 0 aromatic heterocycles. The molecule has 0 fully saturated rings. The first-order valence-corrected chi connectivity index (χ1v) is 7.39. The van der Waals surface area contributed by atoms with Crippen molar-refractivity contribution in [3.8, 4) is 0 Å². The molecule has 0 aliphatic carbocycles. The highest BCUT2D eigenvalue weighted by Crippen LogP contribution is 2.09. The topological polar surface area (TPSA) is 66.8 Å². The van der Waals surface area contributed by atoms with Crippen LogP contribution in [0.2, 0.25) is 0 Å². The molecule has 0 heterocycles. The Balaban J connectivity index is 2.35. The van der Waals surface area contributed by atoms with E-state index >= 15 is 0 Å². The third-order valence-corrected chi connectivity index (χ3v) is 3.24. The van der Waals surface area contributed by atoms with E-state index < -0.39 is 18.9 Å². The van der Waals surface area contributed by atoms with E-state index in [1.165, 1.54) is 31.4 Å². The van der Waals surface area contributed by atoms with Gasteiger partial charge in [-0.1, -0.05) is 45.1 Å². The molecule has 0 amide bonds. The Kier molecular flexibility index (Phi) is 8.01. The summed E-state index contributed by atoms with van der Waals surface area (Å²) in [6, 6.07) is 3.41. The summed E-state index contributed by atoms with van der Waals surface area (Å²) in [6.07, 6.45) is 6.46. The van der Waals surface area contributed by atoms with Gasteiger partial charge in [0, 0.05) is 0 Å². The quantitative estimate of drug-likeness (QED) is 0.416. The summed E-state index contributed by atoms with van der Waals surface area (Å²) in [4.78, 5) is 11.7. The zero-order valence-electron chi connectivity index (χ0n) is 12.3. The maximum Gasteiger partial charge on any atom is 0.488 e. The number of benzene rings is 1. The minimum Gasteiger partial charge on any atom is -0.462 e. The summed E-state index contributed by atoms with van der Waals surface area (Å²) in [5.74, 6) is -1.53. The fourth-order valence-corrected chi connectivity index (χ4v) is 1.98. The van der Waals surface area contributed by atoms with E-state index in [4.69, 9.17) is 14.8 Å². The van der Waals surface area contributed by atoms with E-state index in [0.29, 0.717) is 0 Å². The Morgan fingerprint density at radius 2 is 1.86 bits per heavy atom. The van der Waals surface area contributed by atoms with Crippen LogP contribution in [0.5, 0.6) is 0 Å². The van der Waals surface area contributed by atoms with Crippen LogP contribution in [0.3, 0.4) is 0 Å². The third-order valence-electron chi connectivity index (χ3n) is 3.24. The molecule has 6 heteroatoms. The van der Waals surface area contributed by atoms with Crippen molar-refractivity contribution < 1.29 is 24.0 Å². The first-order valence-electron chi connectivity index (χ1n) is 7.39. The Bertz CT molecular complexity index is 451. The minimum atomic E-state index is -1.76. The highest BCUT2D eigenvalue weighted by Gasteiger charge is 2.17. The van der Waals surface area contributed by atoms with Gasteiger partial charge in [-0.25, -0.2) is 9.18 Å². The molecule has 1 rings (SSSR count). The van der Waals surface area contributed by atoms with Crippen molar-refractivity contribution in [3.63, 3.8) is 0 Å². The average Bonchev–Trinajstić information content (AvgIpc) is 2.45. The van der Waals surface area contributed by atoms with Gasteiger partial charge in [0.2, 0.25) is 0 Å². The molecule has 0 radical (unpaired) electrons. The smallest absolute Gasteiger partial charge is 0.462 e. The monoisotopic (exact) mass is 296 g/mol. The highest BCUT2D eigenvalue weighted by molar-refractivity contribution is 6.58. The number of carbonyl (C=O) groups excluding carboxylic acids is 1. The normalized spacial score (nSPS) is 10.5. The number of halogens is 1. The summed E-state index contributed by atoms with van der Waals surface area (Å²) >= 11 is 0. The van der Waals surface area contributed by atoms with Crippen LogP contribution >= 0.6 is 0 Å². The van der Waals surface area contributed by atoms with Gasteiger partial charge in [-0.05, 0) is 24.0 Å². The van der Waals surface area contributed by atoms with Crippen LogP contribution in [0.15, 0.2) is 18.2 Å². The van der Waals surface area contributed by atoms with Gasteiger partial charge in [-0.15, -0.1) is 0 Å². The minimum absolute atomic E-state index is 0.0000239. The zero-order chi connectivity index (χ0) is 15.7. The van der Waals surface area contributed by atoms with Gasteiger partial charge in [0.05, 0.1) is 12.2 Å². The number of unbranched alkanes of at least 4 members (excludes halogenated alkanes) is 5. The predicted molar refractivity (Wildman–Crippen MR) is 79.9 cm³/mol. The average molecular weight is 296 g/mol. The van der Waals surface area contributed by atoms with Gasteiger partial charge in [-0.3, -0.25) is 0 Å². The summed E-state index contributed by atoms with van der Waals surface area (Å²) in [6.45, 7) is 2.42. The van der Waals surface area contributed by atoms with Crippen molar-refractivity contribution in [1.29, 1.82) is 0 Å². The number of hydrogen-bond donors (Lipinski definition) is 2. The van der Waals surface area contributed by atoms with Crippen molar-refractivity contribution in [2.24, 2.45) is 0 Å². The van der Waals surface area contributed by atoms with Crippen molar-refractivity contribution in [1.82, 2.24) is 0 Å². The highest BCUT2D eigenvalue weighted by atomic mass is 19.1. The van der Waals surface area contributed by atoms with E-state index in [-0.39, 0.29) is 17.6 Å². The van der Waals surface area contributed by atoms with Gasteiger partial charge in [0.1, 0.15) is 5.82 Å². The Hall–Kier alpha value is -1.40. The molecule has 0 saturated heterocycles. The second-order valence-corrected chi connectivity index (χ2v) is 5.02. The molecule has 1 aromatic rings. The van der Waals surface area contributed by atoms with E-state index in [1.807, 2.05) is 0 Å². The first kappa shape index (κ1) is 17.7. The number of ether oxygens (including phenoxy) is 1. The molecule has 21 heavy (non-hydrogen) atoms. The van der Waals surface area contributed by atoms with Gasteiger partial charge < -0.3 is 14.8 Å². The number of carbonyl (C=O) groups is 1. The molecule has 116 valence electrons. The van der Waals surface area contributed by atoms with Crippen molar-refractivity contribution in [3.05, 3.63) is 29.6 Å². The van der Waals surface area contributed by atoms with Crippen molar-refractivity contribution >= 4 is 18.6 Å². The SMILES string of the molecule is CCCCCCCCOC(=O)c1ccc(B(O)O)cc1F. The lowest BCUT2D eigenvalue weighted by molar-refractivity contribution is 0.0492. The van der Waals surface area contributed by atoms with Crippen LogP contribution in [0.4, 0.5) is 4.39 Å². The lowest BCUT2D eigenvalue weighted by Crippen LogP contribution is -2.30. The largest absolute Gasteiger partial charge is 0.488 e. The van der Waals surface area contributed by atoms with Gasteiger partial charge >= 0.3 is 13.1 Å². The maximum atomic E-state index is 13.7. The zero-order valence-corrected chi connectivity index (χ0v) is 12.3. The van der Waals surface area contributed by atoms with Gasteiger partial charge in [-0.2, -0.15) is 0 Å². The van der Waals surface area contributed by atoms with Gasteiger partial charge in [0.15, 0.2) is 0 Å². The standard InChI is InChI=1S/C15H22BFO4/c1-2-3-4-5-6-7-10-21-15(18)13-9-8-12(16(19)20)11-14(13)17/h8-9,11,19-20H,2-7,10H2,1H3. The van der Waals surface area contributed by atoms with Crippen LogP contribution in [0, 0.1) is 5.82 Å². The Morgan fingerprint density at radius 1 is 1.19 bits per heavy atom. The summed E-state index contributed by atoms with van der Waals surface area (Å²) in [5, 5.41) is 17.8. The molecule has 0 spiro atoms. The summed E-state index contributed by atoms with van der Waals surface area (Å²) in [5.41, 5.74) is -0.189. The molecular formula is C15H22BFO4. The fourth-order valence-electron chi connectivity index (χ4n) is 1.98. The maximum absolute atomic E-state index is 13.7. The third kappa shape index (κ3) is 6.27. The van der Waals surface area contributed by atoms with E-state index in [2.05, 4.69) is 6.92 Å². The molecule has 1 aromatic carbocycles. The second kappa shape index (κ2) is 9.52. The molecule has 2 N–H and O–H groups in total. The molecule has 0 atom stereocenters. The Morgan fingerprint density at radius 3 is 2.48 bits per heavy atom. The number of rotatable bonds is 9. The van der Waals surface area contributed by atoms with Crippen molar-refractivity contribution in [2.75, 3.05) is 6.61 Å².